The van der Waals surface area contributed by atoms with Crippen LogP contribution < -0.4 is 10.6 Å². The molecule has 0 aromatic heterocycles. The molecule has 1 saturated carbocycles. The van der Waals surface area contributed by atoms with E-state index in [-0.39, 0.29) is 6.04 Å². The summed E-state index contributed by atoms with van der Waals surface area (Å²) >= 11 is 0. The number of nitrogens with zero attached hydrogens (tertiary/aromatic N) is 1. The smallest absolute Gasteiger partial charge is 0.0398 e. The van der Waals surface area contributed by atoms with Gasteiger partial charge in [0.05, 0.1) is 0 Å². The minimum Gasteiger partial charge on any atom is -0.368 e. The highest BCUT2D eigenvalue weighted by Gasteiger charge is 2.33. The van der Waals surface area contributed by atoms with E-state index in [1.807, 2.05) is 0 Å². The average molecular weight is 286 g/mol. The number of hydrogen-bond donors (Lipinski definition) is 1. The highest BCUT2D eigenvalue weighted by Crippen LogP contribution is 2.38. The number of hydrogen-bond acceptors (Lipinski definition) is 2. The van der Waals surface area contributed by atoms with Crippen molar-refractivity contribution in [3.8, 4) is 0 Å². The van der Waals surface area contributed by atoms with Crippen LogP contribution in [0, 0.1) is 12.8 Å². The first-order valence-corrected chi connectivity index (χ1v) is 8.77. The fraction of sp³-hybridized carbons (Fsp3) is 0.684. The van der Waals surface area contributed by atoms with E-state index in [9.17, 15) is 0 Å². The van der Waals surface area contributed by atoms with E-state index in [1.165, 1.54) is 61.9 Å². The summed E-state index contributed by atoms with van der Waals surface area (Å²) < 4.78 is 0. The first-order chi connectivity index (χ1) is 10.1. The fourth-order valence-corrected chi connectivity index (χ4v) is 4.46. The minimum atomic E-state index is 0.243. The minimum absolute atomic E-state index is 0.243. The van der Waals surface area contributed by atoms with E-state index in [4.69, 9.17) is 5.73 Å². The third-order valence-corrected chi connectivity index (χ3v) is 5.37. The zero-order valence-electron chi connectivity index (χ0n) is 13.6. The van der Waals surface area contributed by atoms with Crippen molar-refractivity contribution >= 4 is 5.69 Å². The van der Waals surface area contributed by atoms with Crippen LogP contribution in [0.2, 0.25) is 0 Å². The van der Waals surface area contributed by atoms with Crippen LogP contribution in [-0.2, 0) is 6.42 Å². The lowest BCUT2D eigenvalue weighted by Gasteiger charge is -2.46. The monoisotopic (exact) mass is 286 g/mol. The second kappa shape index (κ2) is 6.39. The number of nitrogens with two attached hydrogens (primary N) is 1. The molecule has 1 aromatic rings. The van der Waals surface area contributed by atoms with Gasteiger partial charge in [-0.25, -0.2) is 0 Å². The van der Waals surface area contributed by atoms with Gasteiger partial charge in [0.15, 0.2) is 0 Å². The van der Waals surface area contributed by atoms with Crippen molar-refractivity contribution in [2.45, 2.75) is 70.9 Å². The summed E-state index contributed by atoms with van der Waals surface area (Å²) in [4.78, 5) is 2.72. The van der Waals surface area contributed by atoms with E-state index in [0.717, 1.165) is 18.4 Å². The van der Waals surface area contributed by atoms with Crippen molar-refractivity contribution in [1.82, 2.24) is 0 Å². The molecule has 1 saturated heterocycles. The average Bonchev–Trinajstić information content (AvgIpc) is 2.46. The summed E-state index contributed by atoms with van der Waals surface area (Å²) in [6, 6.07) is 8.03. The normalized spacial score (nSPS) is 27.3. The summed E-state index contributed by atoms with van der Waals surface area (Å²) in [7, 11) is 0. The van der Waals surface area contributed by atoms with Crippen LogP contribution in [0.25, 0.3) is 0 Å². The van der Waals surface area contributed by atoms with Gasteiger partial charge in [-0.3, -0.25) is 0 Å². The molecule has 0 spiro atoms. The van der Waals surface area contributed by atoms with Crippen molar-refractivity contribution in [3.05, 3.63) is 29.3 Å². The van der Waals surface area contributed by atoms with Crippen LogP contribution in [0.1, 0.15) is 56.6 Å². The van der Waals surface area contributed by atoms with Gasteiger partial charge >= 0.3 is 0 Å². The second-order valence-corrected chi connectivity index (χ2v) is 7.25. The van der Waals surface area contributed by atoms with E-state index in [2.05, 4.69) is 36.9 Å². The second-order valence-electron chi connectivity index (χ2n) is 7.25. The van der Waals surface area contributed by atoms with Crippen molar-refractivity contribution in [2.24, 2.45) is 11.7 Å². The molecule has 2 fully saturated rings. The fourth-order valence-electron chi connectivity index (χ4n) is 4.46. The summed E-state index contributed by atoms with van der Waals surface area (Å²) in [6.07, 6.45) is 9.49. The maximum Gasteiger partial charge on any atom is 0.0398 e. The third-order valence-electron chi connectivity index (χ3n) is 5.37. The molecular formula is C19H30N2. The van der Waals surface area contributed by atoms with Crippen LogP contribution in [-0.4, -0.2) is 18.6 Å². The van der Waals surface area contributed by atoms with E-state index < -0.39 is 0 Å². The predicted octanol–water partition coefficient (Wildman–Crippen LogP) is 4.04. The summed E-state index contributed by atoms with van der Waals surface area (Å²) in [5.41, 5.74) is 10.2. The Bertz CT molecular complexity index is 478. The molecular weight excluding hydrogens is 256 g/mol. The summed E-state index contributed by atoms with van der Waals surface area (Å²) in [5, 5.41) is 0. The Morgan fingerprint density at radius 2 is 1.95 bits per heavy atom. The Balaban J connectivity index is 1.81. The van der Waals surface area contributed by atoms with Gasteiger partial charge < -0.3 is 10.6 Å². The molecule has 2 nitrogen and oxygen atoms in total. The summed E-state index contributed by atoms with van der Waals surface area (Å²) in [6.45, 7) is 5.60. The SMILES string of the molecule is Cc1cc(CC(C)N)ccc1N1CCCC2CCCCC21. The molecule has 0 radical (unpaired) electrons. The molecule has 1 aliphatic heterocycles. The van der Waals surface area contributed by atoms with Gasteiger partial charge in [-0.05, 0) is 69.1 Å². The Morgan fingerprint density at radius 3 is 2.71 bits per heavy atom. The Labute approximate surface area is 129 Å². The highest BCUT2D eigenvalue weighted by atomic mass is 15.2. The predicted molar refractivity (Wildman–Crippen MR) is 90.9 cm³/mol. The zero-order chi connectivity index (χ0) is 14.8. The van der Waals surface area contributed by atoms with Gasteiger partial charge in [0, 0.05) is 24.3 Å². The molecule has 21 heavy (non-hydrogen) atoms. The van der Waals surface area contributed by atoms with Gasteiger partial charge in [-0.1, -0.05) is 25.0 Å². The summed E-state index contributed by atoms with van der Waals surface area (Å²) in [5.74, 6) is 0.940. The number of anilines is 1. The lowest BCUT2D eigenvalue weighted by atomic mass is 9.78. The van der Waals surface area contributed by atoms with Gasteiger partial charge in [0.25, 0.3) is 0 Å². The van der Waals surface area contributed by atoms with Crippen LogP contribution in [0.5, 0.6) is 0 Å². The molecule has 2 aliphatic rings. The van der Waals surface area contributed by atoms with Gasteiger partial charge in [0.1, 0.15) is 0 Å². The van der Waals surface area contributed by atoms with Gasteiger partial charge in [0.2, 0.25) is 0 Å². The number of fused-ring (bicyclic) bond motifs is 1. The number of aryl methyl sites for hydroxylation is 1. The topological polar surface area (TPSA) is 29.3 Å². The molecule has 2 heteroatoms. The number of piperidine rings is 1. The molecule has 0 bridgehead atoms. The van der Waals surface area contributed by atoms with Crippen molar-refractivity contribution in [1.29, 1.82) is 0 Å². The number of rotatable bonds is 3. The molecule has 0 amide bonds. The van der Waals surface area contributed by atoms with Crippen LogP contribution >= 0.6 is 0 Å². The maximum absolute atomic E-state index is 5.93. The molecule has 3 rings (SSSR count). The van der Waals surface area contributed by atoms with Crippen molar-refractivity contribution < 1.29 is 0 Å². The quantitative estimate of drug-likeness (QED) is 0.908. The molecule has 1 heterocycles. The van der Waals surface area contributed by atoms with Crippen LogP contribution in [0.3, 0.4) is 0 Å². The van der Waals surface area contributed by atoms with E-state index in [1.54, 1.807) is 0 Å². The van der Waals surface area contributed by atoms with Crippen molar-refractivity contribution in [3.63, 3.8) is 0 Å². The number of benzene rings is 1. The van der Waals surface area contributed by atoms with E-state index in [0.29, 0.717) is 0 Å². The molecule has 3 unspecified atom stereocenters. The third kappa shape index (κ3) is 3.26. The Kier molecular flexibility index (Phi) is 4.54. The Morgan fingerprint density at radius 1 is 1.19 bits per heavy atom. The first kappa shape index (κ1) is 14.9. The van der Waals surface area contributed by atoms with Crippen LogP contribution in [0.4, 0.5) is 5.69 Å². The molecule has 116 valence electrons. The Hall–Kier alpha value is -1.02. The lowest BCUT2D eigenvalue weighted by Crippen LogP contribution is -2.47. The lowest BCUT2D eigenvalue weighted by molar-refractivity contribution is 0.243. The first-order valence-electron chi connectivity index (χ1n) is 8.77. The zero-order valence-corrected chi connectivity index (χ0v) is 13.6. The van der Waals surface area contributed by atoms with Gasteiger partial charge in [-0.2, -0.15) is 0 Å². The standard InChI is InChI=1S/C19H30N2/c1-14-12-16(13-15(2)20)9-10-18(14)21-11-5-7-17-6-3-4-8-19(17)21/h9-10,12,15,17,19H,3-8,11,13,20H2,1-2H3. The van der Waals surface area contributed by atoms with E-state index >= 15 is 0 Å². The van der Waals surface area contributed by atoms with Crippen LogP contribution in [0.15, 0.2) is 18.2 Å². The molecule has 1 aliphatic carbocycles. The van der Waals surface area contributed by atoms with Crippen molar-refractivity contribution in [2.75, 3.05) is 11.4 Å². The maximum atomic E-state index is 5.93. The molecule has 3 atom stereocenters. The molecule has 1 aromatic carbocycles. The molecule has 2 N–H and O–H groups in total. The highest BCUT2D eigenvalue weighted by molar-refractivity contribution is 5.56. The largest absolute Gasteiger partial charge is 0.368 e. The van der Waals surface area contributed by atoms with Gasteiger partial charge in [-0.15, -0.1) is 0 Å².